The van der Waals surface area contributed by atoms with E-state index in [9.17, 15) is 19.5 Å². The Labute approximate surface area is 294 Å². The molecule has 1 aliphatic heterocycles. The number of carboxylic acids is 1. The van der Waals surface area contributed by atoms with Crippen molar-refractivity contribution in [3.8, 4) is 22.5 Å². The van der Waals surface area contributed by atoms with Crippen molar-refractivity contribution in [2.24, 2.45) is 11.8 Å². The van der Waals surface area contributed by atoms with Gasteiger partial charge in [0.15, 0.2) is 5.82 Å². The molecule has 2 amide bonds. The molecule has 2 aromatic carbocycles. The van der Waals surface area contributed by atoms with Crippen LogP contribution in [-0.4, -0.2) is 61.9 Å². The highest BCUT2D eigenvalue weighted by atomic mass is 16.4. The lowest BCUT2D eigenvalue weighted by atomic mass is 9.78. The van der Waals surface area contributed by atoms with Crippen molar-refractivity contribution >= 4 is 17.8 Å². The molecule has 9 heteroatoms. The van der Waals surface area contributed by atoms with Crippen LogP contribution in [0.1, 0.15) is 92.9 Å². The van der Waals surface area contributed by atoms with Gasteiger partial charge >= 0.3 is 5.97 Å². The van der Waals surface area contributed by atoms with Crippen molar-refractivity contribution in [3.63, 3.8) is 0 Å². The quantitative estimate of drug-likeness (QED) is 0.184. The van der Waals surface area contributed by atoms with Crippen molar-refractivity contribution in [3.05, 3.63) is 102 Å². The molecule has 6 rings (SSSR count). The normalized spacial score (nSPS) is 18.6. The van der Waals surface area contributed by atoms with Crippen LogP contribution in [0.4, 0.5) is 0 Å². The molecule has 9 nitrogen and oxygen atoms in total. The largest absolute Gasteiger partial charge is 0.481 e. The van der Waals surface area contributed by atoms with Crippen LogP contribution < -0.4 is 5.32 Å². The first-order valence-electron chi connectivity index (χ1n) is 17.8. The third-order valence-electron chi connectivity index (χ3n) is 10.4. The summed E-state index contributed by atoms with van der Waals surface area (Å²) in [6, 6.07) is 19.1. The predicted octanol–water partition coefficient (Wildman–Crippen LogP) is 7.07. The zero-order valence-electron chi connectivity index (χ0n) is 29.4. The van der Waals surface area contributed by atoms with Gasteiger partial charge in [-0.2, -0.15) is 0 Å². The fourth-order valence-corrected chi connectivity index (χ4v) is 6.95. The summed E-state index contributed by atoms with van der Waals surface area (Å²) >= 11 is 0. The Bertz CT molecular complexity index is 1780. The molecule has 2 N–H and O–H groups in total. The number of hydrogen-bond donors (Lipinski definition) is 2. The second kappa shape index (κ2) is 14.9. The maximum absolute atomic E-state index is 13.5. The van der Waals surface area contributed by atoms with Gasteiger partial charge in [0.2, 0.25) is 5.91 Å². The fourth-order valence-electron chi connectivity index (χ4n) is 6.95. The van der Waals surface area contributed by atoms with E-state index in [4.69, 9.17) is 0 Å². The molecule has 1 atom stereocenters. The summed E-state index contributed by atoms with van der Waals surface area (Å²) < 4.78 is 0. The molecule has 4 aromatic rings. The number of nitrogens with one attached hydrogen (secondary N) is 1. The molecular weight excluding hydrogens is 626 g/mol. The second-order valence-electron chi connectivity index (χ2n) is 14.9. The average Bonchev–Trinajstić information content (AvgIpc) is 3.10. The number of aromatic nitrogens is 3. The van der Waals surface area contributed by atoms with E-state index in [2.05, 4.69) is 51.5 Å². The highest BCUT2D eigenvalue weighted by Crippen LogP contribution is 2.37. The van der Waals surface area contributed by atoms with Crippen molar-refractivity contribution < 1.29 is 19.5 Å². The number of aliphatic carboxylic acids is 1. The molecule has 0 unspecified atom stereocenters. The molecule has 260 valence electrons. The van der Waals surface area contributed by atoms with Crippen molar-refractivity contribution in [2.45, 2.75) is 83.6 Å². The average molecular weight is 674 g/mol. The fraction of sp³-hybridized carbons (Fsp3) is 0.415. The van der Waals surface area contributed by atoms with E-state index in [1.54, 1.807) is 6.07 Å². The van der Waals surface area contributed by atoms with E-state index in [1.807, 2.05) is 63.5 Å². The summed E-state index contributed by atoms with van der Waals surface area (Å²) in [5, 5.41) is 12.2. The Morgan fingerprint density at radius 1 is 0.820 bits per heavy atom. The Hall–Kier alpha value is -4.92. The van der Waals surface area contributed by atoms with E-state index >= 15 is 0 Å². The third-order valence-corrected chi connectivity index (χ3v) is 10.4. The summed E-state index contributed by atoms with van der Waals surface area (Å²) in [6.45, 7) is 8.69. The number of benzene rings is 2. The molecule has 50 heavy (non-hydrogen) atoms. The first-order chi connectivity index (χ1) is 24.0. The Balaban J connectivity index is 1.11. The van der Waals surface area contributed by atoms with Crippen LogP contribution in [0.3, 0.4) is 0 Å². The molecule has 1 aliphatic carbocycles. The van der Waals surface area contributed by atoms with Crippen molar-refractivity contribution in [1.29, 1.82) is 0 Å². The van der Waals surface area contributed by atoms with Gasteiger partial charge in [-0.25, -0.2) is 9.97 Å². The molecule has 0 spiro atoms. The minimum Gasteiger partial charge on any atom is -0.481 e. The van der Waals surface area contributed by atoms with Crippen LogP contribution in [0, 0.1) is 11.8 Å². The van der Waals surface area contributed by atoms with Crippen LogP contribution >= 0.6 is 0 Å². The summed E-state index contributed by atoms with van der Waals surface area (Å²) in [7, 11) is 0. The van der Waals surface area contributed by atoms with E-state index in [1.165, 1.54) is 48.8 Å². The molecule has 0 radical (unpaired) electrons. The van der Waals surface area contributed by atoms with Gasteiger partial charge in [-0.05, 0) is 66.3 Å². The molecule has 2 aliphatic rings. The molecular formula is C41H47N5O4. The highest BCUT2D eigenvalue weighted by molar-refractivity contribution is 5.97. The van der Waals surface area contributed by atoms with Gasteiger partial charge in [-0.1, -0.05) is 82.6 Å². The minimum absolute atomic E-state index is 0.124. The van der Waals surface area contributed by atoms with Gasteiger partial charge in [-0.15, -0.1) is 0 Å². The molecule has 0 bridgehead atoms. The number of hydrogen-bond acceptors (Lipinski definition) is 6. The Morgan fingerprint density at radius 2 is 1.46 bits per heavy atom. The van der Waals surface area contributed by atoms with Gasteiger partial charge in [0, 0.05) is 60.3 Å². The van der Waals surface area contributed by atoms with Crippen molar-refractivity contribution in [1.82, 2.24) is 25.2 Å². The number of carbonyl (C=O) groups is 3. The molecule has 3 heterocycles. The van der Waals surface area contributed by atoms with E-state index in [0.29, 0.717) is 17.3 Å². The summed E-state index contributed by atoms with van der Waals surface area (Å²) in [4.78, 5) is 53.4. The maximum atomic E-state index is 13.5. The number of pyridine rings is 1. The predicted molar refractivity (Wildman–Crippen MR) is 193 cm³/mol. The topological polar surface area (TPSA) is 125 Å². The number of amides is 2. The van der Waals surface area contributed by atoms with Crippen LogP contribution in [0.2, 0.25) is 0 Å². The van der Waals surface area contributed by atoms with Crippen LogP contribution in [0.15, 0.2) is 79.3 Å². The van der Waals surface area contributed by atoms with Gasteiger partial charge in [0.05, 0.1) is 11.5 Å². The number of rotatable bonds is 10. The Morgan fingerprint density at radius 3 is 2.02 bits per heavy atom. The van der Waals surface area contributed by atoms with Crippen LogP contribution in [-0.2, 0) is 21.4 Å². The van der Waals surface area contributed by atoms with E-state index in [0.717, 1.165) is 33.9 Å². The number of nitrogens with zero attached hydrogens (tertiary/aromatic N) is 4. The highest BCUT2D eigenvalue weighted by Gasteiger charge is 2.39. The molecule has 2 aromatic heterocycles. The zero-order valence-corrected chi connectivity index (χ0v) is 29.4. The lowest BCUT2D eigenvalue weighted by Crippen LogP contribution is -2.59. The molecule has 2 fully saturated rings. The first-order valence-corrected chi connectivity index (χ1v) is 17.8. The van der Waals surface area contributed by atoms with Crippen molar-refractivity contribution in [2.75, 3.05) is 13.1 Å². The smallest absolute Gasteiger partial charge is 0.310 e. The number of carbonyl (C=O) groups excluding carboxylic acids is 2. The third kappa shape index (κ3) is 8.09. The van der Waals surface area contributed by atoms with Crippen LogP contribution in [0.25, 0.3) is 22.5 Å². The van der Waals surface area contributed by atoms with Gasteiger partial charge < -0.3 is 15.3 Å². The number of likely N-dealkylation sites (tertiary alicyclic amines) is 1. The summed E-state index contributed by atoms with van der Waals surface area (Å²) in [6.07, 6.45) is 11.9. The number of carboxylic acid groups (broad SMARTS) is 1. The van der Waals surface area contributed by atoms with E-state index < -0.39 is 23.8 Å². The first kappa shape index (κ1) is 34.9. The lowest BCUT2D eigenvalue weighted by Gasteiger charge is -2.39. The molecule has 1 saturated heterocycles. The van der Waals surface area contributed by atoms with Gasteiger partial charge in [-0.3, -0.25) is 19.4 Å². The SMILES string of the molecule is CC[C@H]1CC[C@H](c2ccc(-c3cnc(-c4ccc(C[C@H](NC(=O)c5ccc(C(C)(C)C)nc5)C(=O)N5CC(C(=O)O)C5)cc4)nc3)cc2)CC1. The minimum atomic E-state index is -0.928. The summed E-state index contributed by atoms with van der Waals surface area (Å²) in [5.74, 6) is -0.108. The van der Waals surface area contributed by atoms with Crippen LogP contribution in [0.5, 0.6) is 0 Å². The van der Waals surface area contributed by atoms with Gasteiger partial charge in [0.25, 0.3) is 5.91 Å². The lowest BCUT2D eigenvalue weighted by molar-refractivity contribution is -0.153. The van der Waals surface area contributed by atoms with E-state index in [-0.39, 0.29) is 30.8 Å². The second-order valence-corrected chi connectivity index (χ2v) is 14.9. The Kier molecular flexibility index (Phi) is 10.4. The monoisotopic (exact) mass is 673 g/mol. The maximum Gasteiger partial charge on any atom is 0.310 e. The van der Waals surface area contributed by atoms with Gasteiger partial charge in [0.1, 0.15) is 6.04 Å². The summed E-state index contributed by atoms with van der Waals surface area (Å²) in [5.41, 5.74) is 6.19. The standard InChI is InChI=1S/C41H47N5O4/c1-5-26-6-10-28(11-7-26)29-14-16-30(17-15-29)33-22-43-37(44-23-33)31-12-8-27(9-13-31)20-35(39(48)46-24-34(25-46)40(49)50)45-38(47)32-18-19-36(42-21-32)41(2,3)4/h8-9,12-19,21-23,26,28,34-35H,5-7,10-11,20,24-25H2,1-4H3,(H,45,47)(H,49,50)/t26-,28-,35-/m0/s1. The zero-order chi connectivity index (χ0) is 35.4. The molecule has 1 saturated carbocycles.